The molecule has 0 unspecified atom stereocenters. The Labute approximate surface area is 116 Å². The normalized spacial score (nSPS) is 11.8. The molecule has 2 aromatic rings. The van der Waals surface area contributed by atoms with Gasteiger partial charge in [0.25, 0.3) is 0 Å². The largest absolute Gasteiger partial charge is 0.399 e. The molecule has 8 heteroatoms. The first kappa shape index (κ1) is 14.5. The minimum atomic E-state index is -3.84. The number of nitrogens with zero attached hydrogens (tertiary/aromatic N) is 1. The number of hydrogen-bond acceptors (Lipinski definition) is 4. The molecule has 1 aromatic carbocycles. The summed E-state index contributed by atoms with van der Waals surface area (Å²) in [6, 6.07) is 2.33. The maximum atomic E-state index is 13.6. The van der Waals surface area contributed by atoms with Crippen molar-refractivity contribution in [1.29, 1.82) is 0 Å². The summed E-state index contributed by atoms with van der Waals surface area (Å²) in [5.41, 5.74) is 7.08. The van der Waals surface area contributed by atoms with Crippen LogP contribution in [0.2, 0.25) is 0 Å². The summed E-state index contributed by atoms with van der Waals surface area (Å²) in [5, 5.41) is 6.51. The Morgan fingerprint density at radius 2 is 2.10 bits per heavy atom. The first-order valence-corrected chi connectivity index (χ1v) is 7.33. The van der Waals surface area contributed by atoms with Gasteiger partial charge >= 0.3 is 0 Å². The maximum Gasteiger partial charge on any atom is 0.241 e. The maximum absolute atomic E-state index is 13.6. The lowest BCUT2D eigenvalue weighted by molar-refractivity contribution is 0.574. The smallest absolute Gasteiger partial charge is 0.241 e. The zero-order valence-corrected chi connectivity index (χ0v) is 11.9. The molecule has 0 bridgehead atoms. The number of anilines is 1. The van der Waals surface area contributed by atoms with E-state index in [2.05, 4.69) is 14.9 Å². The summed E-state index contributed by atoms with van der Waals surface area (Å²) < 4.78 is 40.4. The van der Waals surface area contributed by atoms with Gasteiger partial charge in [-0.15, -0.1) is 0 Å². The minimum Gasteiger partial charge on any atom is -0.399 e. The van der Waals surface area contributed by atoms with Gasteiger partial charge < -0.3 is 5.73 Å². The Balaban J connectivity index is 2.29. The van der Waals surface area contributed by atoms with Crippen LogP contribution in [-0.4, -0.2) is 18.6 Å². The molecule has 4 N–H and O–H groups in total. The molecule has 1 heterocycles. The van der Waals surface area contributed by atoms with Crippen LogP contribution in [0.4, 0.5) is 10.1 Å². The van der Waals surface area contributed by atoms with E-state index >= 15 is 0 Å². The third kappa shape index (κ3) is 2.81. The Hall–Kier alpha value is -1.93. The predicted octanol–water partition coefficient (Wildman–Crippen LogP) is 1.23. The third-order valence-corrected chi connectivity index (χ3v) is 4.52. The second kappa shape index (κ2) is 5.22. The van der Waals surface area contributed by atoms with Crippen LogP contribution in [0.5, 0.6) is 0 Å². The Morgan fingerprint density at radius 1 is 1.40 bits per heavy atom. The van der Waals surface area contributed by atoms with Crippen LogP contribution in [-0.2, 0) is 16.6 Å². The van der Waals surface area contributed by atoms with Crippen LogP contribution in [0.3, 0.4) is 0 Å². The van der Waals surface area contributed by atoms with Crippen molar-refractivity contribution in [3.63, 3.8) is 0 Å². The molecule has 0 amide bonds. The number of aromatic nitrogens is 2. The number of nitrogen functional groups attached to an aromatic ring is 1. The van der Waals surface area contributed by atoms with Crippen LogP contribution >= 0.6 is 0 Å². The van der Waals surface area contributed by atoms with Crippen molar-refractivity contribution in [2.75, 3.05) is 5.73 Å². The van der Waals surface area contributed by atoms with Gasteiger partial charge in [0, 0.05) is 29.1 Å². The predicted molar refractivity (Wildman–Crippen MR) is 72.9 cm³/mol. The van der Waals surface area contributed by atoms with Gasteiger partial charge in [0.15, 0.2) is 0 Å². The summed E-state index contributed by atoms with van der Waals surface area (Å²) in [6.45, 7) is 3.25. The molecule has 0 aliphatic carbocycles. The van der Waals surface area contributed by atoms with Crippen LogP contribution < -0.4 is 10.5 Å². The summed E-state index contributed by atoms with van der Waals surface area (Å²) in [6.07, 6.45) is 1.53. The highest BCUT2D eigenvalue weighted by Crippen LogP contribution is 2.22. The highest BCUT2D eigenvalue weighted by Gasteiger charge is 2.20. The molecule has 1 aromatic heterocycles. The highest BCUT2D eigenvalue weighted by molar-refractivity contribution is 7.89. The average molecular weight is 298 g/mol. The first-order valence-electron chi connectivity index (χ1n) is 5.85. The van der Waals surface area contributed by atoms with Gasteiger partial charge in [-0.2, -0.15) is 5.10 Å². The lowest BCUT2D eigenvalue weighted by Gasteiger charge is -2.10. The number of benzene rings is 1. The number of hydrogen-bond donors (Lipinski definition) is 3. The van der Waals surface area contributed by atoms with Crippen molar-refractivity contribution < 1.29 is 12.8 Å². The van der Waals surface area contributed by atoms with E-state index in [0.29, 0.717) is 0 Å². The molecule has 0 radical (unpaired) electrons. The van der Waals surface area contributed by atoms with Crippen molar-refractivity contribution >= 4 is 15.7 Å². The molecular formula is C12H15FN4O2S. The number of rotatable bonds is 4. The number of nitrogens with two attached hydrogens (primary N) is 1. The fraction of sp³-hybridized carbons (Fsp3) is 0.250. The van der Waals surface area contributed by atoms with Crippen molar-refractivity contribution in [3.8, 4) is 0 Å². The minimum absolute atomic E-state index is 0.0376. The first-order chi connectivity index (χ1) is 9.31. The Kier molecular flexibility index (Phi) is 3.78. The van der Waals surface area contributed by atoms with Crippen LogP contribution in [0.15, 0.2) is 23.2 Å². The summed E-state index contributed by atoms with van der Waals surface area (Å²) in [4.78, 5) is -0.156. The molecule has 0 spiro atoms. The number of halogens is 1. The summed E-state index contributed by atoms with van der Waals surface area (Å²) in [5.74, 6) is -0.648. The van der Waals surface area contributed by atoms with Gasteiger partial charge in [-0.05, 0) is 26.0 Å². The van der Waals surface area contributed by atoms with E-state index < -0.39 is 15.8 Å². The topological polar surface area (TPSA) is 101 Å². The van der Waals surface area contributed by atoms with E-state index in [-0.39, 0.29) is 22.7 Å². The van der Waals surface area contributed by atoms with Crippen LogP contribution in [0.1, 0.15) is 16.8 Å². The Morgan fingerprint density at radius 3 is 2.70 bits per heavy atom. The summed E-state index contributed by atoms with van der Waals surface area (Å²) >= 11 is 0. The van der Waals surface area contributed by atoms with Crippen LogP contribution in [0, 0.1) is 19.7 Å². The second-order valence-electron chi connectivity index (χ2n) is 4.47. The second-order valence-corrected chi connectivity index (χ2v) is 6.21. The molecule has 0 aliphatic heterocycles. The average Bonchev–Trinajstić information content (AvgIpc) is 2.77. The lowest BCUT2D eigenvalue weighted by atomic mass is 10.2. The van der Waals surface area contributed by atoms with Gasteiger partial charge in [-0.3, -0.25) is 5.10 Å². The molecule has 0 fully saturated rings. The molecule has 108 valence electrons. The lowest BCUT2D eigenvalue weighted by Crippen LogP contribution is -2.24. The third-order valence-electron chi connectivity index (χ3n) is 3.00. The van der Waals surface area contributed by atoms with Gasteiger partial charge in [0.05, 0.1) is 11.1 Å². The molecule has 0 aliphatic rings. The van der Waals surface area contributed by atoms with E-state index in [1.54, 1.807) is 6.92 Å². The Bertz CT molecular complexity index is 740. The summed E-state index contributed by atoms with van der Waals surface area (Å²) in [7, 11) is -3.84. The van der Waals surface area contributed by atoms with Gasteiger partial charge in [-0.1, -0.05) is 0 Å². The zero-order valence-electron chi connectivity index (χ0n) is 11.1. The van der Waals surface area contributed by atoms with E-state index in [9.17, 15) is 12.8 Å². The molecular weight excluding hydrogens is 283 g/mol. The van der Waals surface area contributed by atoms with Crippen molar-refractivity contribution in [1.82, 2.24) is 14.9 Å². The number of sulfonamides is 1. The van der Waals surface area contributed by atoms with E-state index in [1.165, 1.54) is 19.2 Å². The molecule has 20 heavy (non-hydrogen) atoms. The standard InChI is InChI=1S/C12H15FN4O2S/c1-7-11(13)3-10(14)4-12(7)20(18,19)16-6-9-5-15-17-8(9)2/h3-5,16H,6,14H2,1-2H3,(H,15,17). The number of H-pyrrole nitrogens is 1. The molecule has 0 atom stereocenters. The zero-order chi connectivity index (χ0) is 14.9. The highest BCUT2D eigenvalue weighted by atomic mass is 32.2. The SMILES string of the molecule is Cc1[nH]ncc1CNS(=O)(=O)c1cc(N)cc(F)c1C. The molecule has 2 rings (SSSR count). The molecule has 0 saturated heterocycles. The monoisotopic (exact) mass is 298 g/mol. The number of aryl methyl sites for hydroxylation is 1. The van der Waals surface area contributed by atoms with Gasteiger partial charge in [0.2, 0.25) is 10.0 Å². The van der Waals surface area contributed by atoms with Crippen molar-refractivity contribution in [2.24, 2.45) is 0 Å². The van der Waals surface area contributed by atoms with Gasteiger partial charge in [0.1, 0.15) is 5.82 Å². The van der Waals surface area contributed by atoms with Crippen LogP contribution in [0.25, 0.3) is 0 Å². The quantitative estimate of drug-likeness (QED) is 0.739. The molecule has 6 nitrogen and oxygen atoms in total. The van der Waals surface area contributed by atoms with E-state index in [0.717, 1.165) is 17.3 Å². The fourth-order valence-corrected chi connectivity index (χ4v) is 3.05. The van der Waals surface area contributed by atoms with E-state index in [4.69, 9.17) is 5.73 Å². The molecule has 0 saturated carbocycles. The number of nitrogens with one attached hydrogen (secondary N) is 2. The fourth-order valence-electron chi connectivity index (χ4n) is 1.76. The van der Waals surface area contributed by atoms with Crippen molar-refractivity contribution in [2.45, 2.75) is 25.3 Å². The van der Waals surface area contributed by atoms with Crippen molar-refractivity contribution in [3.05, 3.63) is 41.0 Å². The van der Waals surface area contributed by atoms with E-state index in [1.807, 2.05) is 0 Å². The number of aromatic amines is 1. The van der Waals surface area contributed by atoms with Gasteiger partial charge in [-0.25, -0.2) is 17.5 Å².